The van der Waals surface area contributed by atoms with Crippen LogP contribution in [0.4, 0.5) is 0 Å². The van der Waals surface area contributed by atoms with Gasteiger partial charge in [0.15, 0.2) is 6.61 Å². The Bertz CT molecular complexity index is 822. The third kappa shape index (κ3) is 5.03. The molecule has 2 aliphatic rings. The number of likely N-dealkylation sites (tertiary alicyclic amines) is 1. The third-order valence-electron chi connectivity index (χ3n) is 5.64. The first kappa shape index (κ1) is 19.6. The number of amides is 1. The quantitative estimate of drug-likeness (QED) is 0.772. The van der Waals surface area contributed by atoms with Crippen LogP contribution in [0.2, 0.25) is 0 Å². The van der Waals surface area contributed by atoms with Gasteiger partial charge >= 0.3 is 6.01 Å². The van der Waals surface area contributed by atoms with E-state index in [-0.39, 0.29) is 24.2 Å². The first-order chi connectivity index (χ1) is 14.1. The highest BCUT2D eigenvalue weighted by atomic mass is 16.5. The molecule has 1 amide bonds. The van der Waals surface area contributed by atoms with Crippen molar-refractivity contribution in [3.05, 3.63) is 48.3 Å². The summed E-state index contributed by atoms with van der Waals surface area (Å²) in [6.07, 6.45) is 6.64. The Hall–Kier alpha value is -2.67. The molecule has 7 heteroatoms. The number of rotatable bonds is 5. The van der Waals surface area contributed by atoms with Gasteiger partial charge in [0.05, 0.1) is 12.2 Å². The predicted octanol–water partition coefficient (Wildman–Crippen LogP) is 2.78. The van der Waals surface area contributed by atoms with E-state index in [4.69, 9.17) is 14.2 Å². The van der Waals surface area contributed by atoms with Crippen LogP contribution in [0.15, 0.2) is 42.7 Å². The number of aromatic nitrogens is 2. The van der Waals surface area contributed by atoms with E-state index in [1.807, 2.05) is 36.1 Å². The van der Waals surface area contributed by atoms with Crippen molar-refractivity contribution in [3.8, 4) is 11.8 Å². The predicted molar refractivity (Wildman–Crippen MR) is 107 cm³/mol. The average molecular weight is 397 g/mol. The molecular formula is C22H27N3O4. The van der Waals surface area contributed by atoms with Gasteiger partial charge in [0.1, 0.15) is 11.9 Å². The van der Waals surface area contributed by atoms with Crippen LogP contribution in [-0.4, -0.2) is 58.8 Å². The zero-order valence-corrected chi connectivity index (χ0v) is 16.8. The molecule has 2 aliphatic heterocycles. The van der Waals surface area contributed by atoms with Crippen LogP contribution < -0.4 is 9.47 Å². The number of ether oxygens (including phenoxy) is 3. The maximum atomic E-state index is 12.6. The Morgan fingerprint density at radius 2 is 2.03 bits per heavy atom. The average Bonchev–Trinajstić information content (AvgIpc) is 2.73. The number of aryl methyl sites for hydroxylation is 1. The molecule has 1 spiro atoms. The van der Waals surface area contributed by atoms with Crippen molar-refractivity contribution in [2.45, 2.75) is 44.3 Å². The minimum atomic E-state index is -0.230. The Morgan fingerprint density at radius 3 is 2.79 bits per heavy atom. The largest absolute Gasteiger partial charge is 0.484 e. The number of nitrogens with zero attached hydrogens (tertiary/aromatic N) is 3. The molecule has 0 saturated carbocycles. The van der Waals surface area contributed by atoms with E-state index in [2.05, 4.69) is 9.97 Å². The van der Waals surface area contributed by atoms with Gasteiger partial charge in [-0.05, 0) is 43.5 Å². The number of carbonyl (C=O) groups is 1. The Kier molecular flexibility index (Phi) is 5.94. The molecule has 2 fully saturated rings. The Labute approximate surface area is 171 Å². The van der Waals surface area contributed by atoms with Gasteiger partial charge in [0.2, 0.25) is 0 Å². The molecule has 154 valence electrons. The van der Waals surface area contributed by atoms with Crippen molar-refractivity contribution >= 4 is 5.91 Å². The van der Waals surface area contributed by atoms with Crippen molar-refractivity contribution in [2.24, 2.45) is 0 Å². The summed E-state index contributed by atoms with van der Waals surface area (Å²) >= 11 is 0. The third-order valence-corrected chi connectivity index (χ3v) is 5.64. The van der Waals surface area contributed by atoms with Crippen molar-refractivity contribution < 1.29 is 19.0 Å². The zero-order chi connectivity index (χ0) is 20.1. The molecule has 0 radical (unpaired) electrons. The highest BCUT2D eigenvalue weighted by Gasteiger charge is 2.42. The number of piperidine rings is 1. The van der Waals surface area contributed by atoms with E-state index >= 15 is 0 Å². The zero-order valence-electron chi connectivity index (χ0n) is 16.8. The summed E-state index contributed by atoms with van der Waals surface area (Å²) in [5, 5.41) is 0. The van der Waals surface area contributed by atoms with Gasteiger partial charge < -0.3 is 19.1 Å². The first-order valence-electron chi connectivity index (χ1n) is 10.2. The Balaban J connectivity index is 1.27. The molecule has 1 unspecified atom stereocenters. The van der Waals surface area contributed by atoms with Gasteiger partial charge in [-0.1, -0.05) is 12.1 Å². The molecule has 2 saturated heterocycles. The first-order valence-corrected chi connectivity index (χ1v) is 10.2. The summed E-state index contributed by atoms with van der Waals surface area (Å²) in [5.41, 5.74) is 0.883. The van der Waals surface area contributed by atoms with Crippen LogP contribution in [0.5, 0.6) is 11.8 Å². The van der Waals surface area contributed by atoms with Crippen molar-refractivity contribution in [2.75, 3.05) is 26.3 Å². The summed E-state index contributed by atoms with van der Waals surface area (Å²) in [7, 11) is 0. The van der Waals surface area contributed by atoms with Crippen LogP contribution in [0.25, 0.3) is 0 Å². The van der Waals surface area contributed by atoms with Crippen molar-refractivity contribution in [1.29, 1.82) is 0 Å². The van der Waals surface area contributed by atoms with Crippen LogP contribution in [0.3, 0.4) is 0 Å². The highest BCUT2D eigenvalue weighted by Crippen LogP contribution is 2.36. The second kappa shape index (κ2) is 8.78. The van der Waals surface area contributed by atoms with E-state index in [9.17, 15) is 4.79 Å². The smallest absolute Gasteiger partial charge is 0.316 e. The van der Waals surface area contributed by atoms with Crippen LogP contribution in [0.1, 0.15) is 31.2 Å². The van der Waals surface area contributed by atoms with Gasteiger partial charge in [0.25, 0.3) is 5.91 Å². The molecule has 1 aromatic heterocycles. The fourth-order valence-corrected chi connectivity index (χ4v) is 4.03. The van der Waals surface area contributed by atoms with E-state index < -0.39 is 0 Å². The SMILES string of the molecule is Cc1cccc(OCC(=O)N2CCC3(CC2)CC(Oc2ncccn2)CCO3)c1. The Morgan fingerprint density at radius 1 is 1.24 bits per heavy atom. The number of hydrogen-bond acceptors (Lipinski definition) is 6. The number of carbonyl (C=O) groups excluding carboxylic acids is 1. The summed E-state index contributed by atoms with van der Waals surface area (Å²) in [4.78, 5) is 22.7. The summed E-state index contributed by atoms with van der Waals surface area (Å²) < 4.78 is 17.8. The highest BCUT2D eigenvalue weighted by molar-refractivity contribution is 5.77. The van der Waals surface area contributed by atoms with E-state index in [0.717, 1.165) is 37.0 Å². The van der Waals surface area contributed by atoms with Gasteiger partial charge in [-0.3, -0.25) is 4.79 Å². The molecule has 3 heterocycles. The lowest BCUT2D eigenvalue weighted by Gasteiger charge is -2.45. The molecule has 0 bridgehead atoms. The van der Waals surface area contributed by atoms with Gasteiger partial charge in [-0.2, -0.15) is 0 Å². The fraction of sp³-hybridized carbons (Fsp3) is 0.500. The molecule has 1 aromatic carbocycles. The molecule has 7 nitrogen and oxygen atoms in total. The van der Waals surface area contributed by atoms with Crippen molar-refractivity contribution in [3.63, 3.8) is 0 Å². The van der Waals surface area contributed by atoms with Crippen LogP contribution in [-0.2, 0) is 9.53 Å². The normalized spacial score (nSPS) is 21.0. The minimum Gasteiger partial charge on any atom is -0.484 e. The monoisotopic (exact) mass is 397 g/mol. The van der Waals surface area contributed by atoms with Crippen molar-refractivity contribution in [1.82, 2.24) is 14.9 Å². The van der Waals surface area contributed by atoms with Gasteiger partial charge in [-0.15, -0.1) is 0 Å². The number of benzene rings is 1. The van der Waals surface area contributed by atoms with Gasteiger partial charge in [-0.25, -0.2) is 9.97 Å². The lowest BCUT2D eigenvalue weighted by molar-refractivity contribution is -0.153. The van der Waals surface area contributed by atoms with E-state index in [1.165, 1.54) is 0 Å². The summed E-state index contributed by atoms with van der Waals surface area (Å²) in [5.74, 6) is 0.744. The molecule has 0 N–H and O–H groups in total. The molecular weight excluding hydrogens is 370 g/mol. The lowest BCUT2D eigenvalue weighted by Crippen LogP contribution is -2.53. The maximum absolute atomic E-state index is 12.6. The lowest BCUT2D eigenvalue weighted by atomic mass is 9.83. The molecule has 29 heavy (non-hydrogen) atoms. The van der Waals surface area contributed by atoms with Crippen LogP contribution in [0, 0.1) is 6.92 Å². The maximum Gasteiger partial charge on any atom is 0.316 e. The summed E-state index contributed by atoms with van der Waals surface area (Å²) in [6.45, 7) is 4.06. The molecule has 4 rings (SSSR count). The van der Waals surface area contributed by atoms with Gasteiger partial charge in [0, 0.05) is 38.3 Å². The van der Waals surface area contributed by atoms with E-state index in [1.54, 1.807) is 18.5 Å². The molecule has 1 atom stereocenters. The number of hydrogen-bond donors (Lipinski definition) is 0. The summed E-state index contributed by atoms with van der Waals surface area (Å²) in [6, 6.07) is 9.93. The second-order valence-corrected chi connectivity index (χ2v) is 7.78. The van der Waals surface area contributed by atoms with Crippen LogP contribution >= 0.6 is 0 Å². The fourth-order valence-electron chi connectivity index (χ4n) is 4.03. The second-order valence-electron chi connectivity index (χ2n) is 7.78. The molecule has 0 aliphatic carbocycles. The van der Waals surface area contributed by atoms with E-state index in [0.29, 0.717) is 25.7 Å². The molecule has 2 aromatic rings. The topological polar surface area (TPSA) is 73.8 Å². The minimum absolute atomic E-state index is 0.0163. The standard InChI is InChI=1S/C22H27N3O4/c1-17-4-2-5-18(14-17)27-16-20(26)25-11-7-22(8-12-25)15-19(6-13-28-22)29-21-23-9-3-10-24-21/h2-5,9-10,14,19H,6-8,11-13,15-16H2,1H3.